The number of Topliss-reactive ketones (excluding diaryl/α,β-unsaturated/α-hetero) is 1. The molecule has 1 aliphatic rings. The highest BCUT2D eigenvalue weighted by atomic mass is 16.6. The highest BCUT2D eigenvalue weighted by molar-refractivity contribution is 6.00. The molecule has 2 aromatic rings. The second-order valence-electron chi connectivity index (χ2n) is 6.03. The van der Waals surface area contributed by atoms with Gasteiger partial charge in [0, 0.05) is 17.7 Å². The summed E-state index contributed by atoms with van der Waals surface area (Å²) in [5, 5.41) is 0. The van der Waals surface area contributed by atoms with E-state index in [1.54, 1.807) is 17.9 Å². The summed E-state index contributed by atoms with van der Waals surface area (Å²) in [4.78, 5) is 26.2. The van der Waals surface area contributed by atoms with E-state index in [-0.39, 0.29) is 18.5 Å². The largest absolute Gasteiger partial charge is 0.444 e. The van der Waals surface area contributed by atoms with Gasteiger partial charge in [-0.05, 0) is 25.3 Å². The van der Waals surface area contributed by atoms with Gasteiger partial charge in [0.05, 0.1) is 5.70 Å². The molecule has 1 amide bonds. The number of benzene rings is 2. The minimum Gasteiger partial charge on any atom is -0.444 e. The van der Waals surface area contributed by atoms with E-state index in [1.807, 2.05) is 54.6 Å². The van der Waals surface area contributed by atoms with E-state index in [1.165, 1.54) is 0 Å². The molecule has 0 aromatic heterocycles. The van der Waals surface area contributed by atoms with E-state index >= 15 is 0 Å². The Morgan fingerprint density at radius 1 is 1.04 bits per heavy atom. The molecule has 0 saturated carbocycles. The van der Waals surface area contributed by atoms with Crippen molar-refractivity contribution in [2.75, 3.05) is 6.54 Å². The number of rotatable bonds is 4. The first kappa shape index (κ1) is 17.0. The van der Waals surface area contributed by atoms with Gasteiger partial charge in [0.2, 0.25) is 0 Å². The minimum absolute atomic E-state index is 0.0142. The standard InChI is InChI=1S/C21H21NO3/c1-16(23)18-11-5-6-12-19(18)20-13-7-8-14-22(20)21(24)25-15-17-9-3-2-4-10-17/h2-6,9-13H,7-8,14-15H2,1H3. The van der Waals surface area contributed by atoms with Crippen LogP contribution < -0.4 is 0 Å². The molecule has 4 heteroatoms. The first-order chi connectivity index (χ1) is 12.2. The maximum atomic E-state index is 12.6. The van der Waals surface area contributed by atoms with E-state index in [4.69, 9.17) is 4.74 Å². The zero-order chi connectivity index (χ0) is 17.6. The highest BCUT2D eigenvalue weighted by Crippen LogP contribution is 2.28. The molecule has 0 bridgehead atoms. The summed E-state index contributed by atoms with van der Waals surface area (Å²) in [5.74, 6) is -0.0142. The summed E-state index contributed by atoms with van der Waals surface area (Å²) in [6.07, 6.45) is 3.39. The molecule has 0 unspecified atom stereocenters. The van der Waals surface area contributed by atoms with E-state index in [0.717, 1.165) is 29.7 Å². The van der Waals surface area contributed by atoms with Crippen molar-refractivity contribution >= 4 is 17.6 Å². The van der Waals surface area contributed by atoms with Crippen LogP contribution in [0.3, 0.4) is 0 Å². The summed E-state index contributed by atoms with van der Waals surface area (Å²) in [6, 6.07) is 17.0. The average molecular weight is 335 g/mol. The lowest BCUT2D eigenvalue weighted by Crippen LogP contribution is -2.33. The summed E-state index contributed by atoms with van der Waals surface area (Å²) in [7, 11) is 0. The van der Waals surface area contributed by atoms with Crippen molar-refractivity contribution in [3.63, 3.8) is 0 Å². The Labute approximate surface area is 147 Å². The molecule has 0 radical (unpaired) electrons. The molecule has 128 valence electrons. The number of allylic oxidation sites excluding steroid dienone is 1. The van der Waals surface area contributed by atoms with Crippen LogP contribution in [0.15, 0.2) is 60.7 Å². The predicted molar refractivity (Wildman–Crippen MR) is 97.0 cm³/mol. The number of hydrogen-bond acceptors (Lipinski definition) is 3. The van der Waals surface area contributed by atoms with Crippen LogP contribution in [0.2, 0.25) is 0 Å². The molecule has 1 aliphatic heterocycles. The molecule has 0 atom stereocenters. The summed E-state index contributed by atoms with van der Waals surface area (Å²) >= 11 is 0. The number of ether oxygens (including phenoxy) is 1. The van der Waals surface area contributed by atoms with Crippen LogP contribution in [0.4, 0.5) is 4.79 Å². The second kappa shape index (κ2) is 7.79. The lowest BCUT2D eigenvalue weighted by Gasteiger charge is -2.29. The van der Waals surface area contributed by atoms with Gasteiger partial charge in [0.15, 0.2) is 5.78 Å². The van der Waals surface area contributed by atoms with Crippen LogP contribution in [-0.2, 0) is 11.3 Å². The molecule has 0 fully saturated rings. The van der Waals surface area contributed by atoms with Gasteiger partial charge in [-0.1, -0.05) is 60.7 Å². The van der Waals surface area contributed by atoms with Gasteiger partial charge in [0.25, 0.3) is 0 Å². The van der Waals surface area contributed by atoms with E-state index in [0.29, 0.717) is 12.1 Å². The fourth-order valence-electron chi connectivity index (χ4n) is 2.97. The monoisotopic (exact) mass is 335 g/mol. The lowest BCUT2D eigenvalue weighted by molar-refractivity contribution is 0.101. The number of ketones is 1. The molecule has 4 nitrogen and oxygen atoms in total. The van der Waals surface area contributed by atoms with Crippen LogP contribution >= 0.6 is 0 Å². The molecule has 1 heterocycles. The molecule has 0 aliphatic carbocycles. The van der Waals surface area contributed by atoms with Crippen LogP contribution in [0, 0.1) is 0 Å². The maximum absolute atomic E-state index is 12.6. The predicted octanol–water partition coefficient (Wildman–Crippen LogP) is 4.66. The van der Waals surface area contributed by atoms with Gasteiger partial charge >= 0.3 is 6.09 Å². The van der Waals surface area contributed by atoms with Gasteiger partial charge < -0.3 is 4.74 Å². The first-order valence-electron chi connectivity index (χ1n) is 8.45. The summed E-state index contributed by atoms with van der Waals surface area (Å²) in [5.41, 5.74) is 3.11. The lowest BCUT2D eigenvalue weighted by atomic mass is 9.98. The quantitative estimate of drug-likeness (QED) is 0.763. The SMILES string of the molecule is CC(=O)c1ccccc1C1=CCCCN1C(=O)OCc1ccccc1. The summed E-state index contributed by atoms with van der Waals surface area (Å²) < 4.78 is 5.48. The van der Waals surface area contributed by atoms with Crippen molar-refractivity contribution in [3.05, 3.63) is 77.4 Å². The zero-order valence-electron chi connectivity index (χ0n) is 14.3. The first-order valence-corrected chi connectivity index (χ1v) is 8.45. The van der Waals surface area contributed by atoms with Crippen molar-refractivity contribution in [1.82, 2.24) is 4.90 Å². The highest BCUT2D eigenvalue weighted by Gasteiger charge is 2.25. The molecule has 0 spiro atoms. The summed E-state index contributed by atoms with van der Waals surface area (Å²) in [6.45, 7) is 2.36. The van der Waals surface area contributed by atoms with Crippen molar-refractivity contribution < 1.29 is 14.3 Å². The Kier molecular flexibility index (Phi) is 5.29. The van der Waals surface area contributed by atoms with Crippen LogP contribution in [0.5, 0.6) is 0 Å². The van der Waals surface area contributed by atoms with E-state index in [9.17, 15) is 9.59 Å². The smallest absolute Gasteiger partial charge is 0.414 e. The normalized spacial score (nSPS) is 14.0. The van der Waals surface area contributed by atoms with Crippen LogP contribution in [0.1, 0.15) is 41.3 Å². The Bertz CT molecular complexity index is 796. The van der Waals surface area contributed by atoms with Gasteiger partial charge in [0.1, 0.15) is 6.61 Å². The number of amides is 1. The number of carbonyl (C=O) groups excluding carboxylic acids is 2. The Morgan fingerprint density at radius 2 is 1.76 bits per heavy atom. The number of nitrogens with zero attached hydrogens (tertiary/aromatic N) is 1. The molecular weight excluding hydrogens is 314 g/mol. The van der Waals surface area contributed by atoms with Gasteiger partial charge in [-0.25, -0.2) is 4.79 Å². The Morgan fingerprint density at radius 3 is 2.52 bits per heavy atom. The Balaban J connectivity index is 1.81. The zero-order valence-corrected chi connectivity index (χ0v) is 14.3. The van der Waals surface area contributed by atoms with E-state index in [2.05, 4.69) is 0 Å². The third-order valence-electron chi connectivity index (χ3n) is 4.22. The third kappa shape index (κ3) is 3.97. The van der Waals surface area contributed by atoms with Gasteiger partial charge in [-0.2, -0.15) is 0 Å². The van der Waals surface area contributed by atoms with Crippen molar-refractivity contribution in [1.29, 1.82) is 0 Å². The molecule has 0 N–H and O–H groups in total. The molecule has 3 rings (SSSR count). The third-order valence-corrected chi connectivity index (χ3v) is 4.22. The minimum atomic E-state index is -0.381. The fraction of sp³-hybridized carbons (Fsp3) is 0.238. The van der Waals surface area contributed by atoms with Crippen LogP contribution in [-0.4, -0.2) is 23.3 Å². The van der Waals surface area contributed by atoms with Gasteiger partial charge in [-0.3, -0.25) is 9.69 Å². The molecular formula is C21H21NO3. The van der Waals surface area contributed by atoms with Crippen molar-refractivity contribution in [2.45, 2.75) is 26.4 Å². The second-order valence-corrected chi connectivity index (χ2v) is 6.03. The maximum Gasteiger partial charge on any atom is 0.414 e. The fourth-order valence-corrected chi connectivity index (χ4v) is 2.97. The van der Waals surface area contributed by atoms with Crippen molar-refractivity contribution in [2.24, 2.45) is 0 Å². The topological polar surface area (TPSA) is 46.6 Å². The van der Waals surface area contributed by atoms with Crippen LogP contribution in [0.25, 0.3) is 5.70 Å². The Hall–Kier alpha value is -2.88. The number of hydrogen-bond donors (Lipinski definition) is 0. The average Bonchev–Trinajstić information content (AvgIpc) is 2.67. The molecule has 0 saturated heterocycles. The van der Waals surface area contributed by atoms with Crippen molar-refractivity contribution in [3.8, 4) is 0 Å². The van der Waals surface area contributed by atoms with E-state index < -0.39 is 0 Å². The molecule has 25 heavy (non-hydrogen) atoms. The van der Waals surface area contributed by atoms with Gasteiger partial charge in [-0.15, -0.1) is 0 Å². The number of carbonyl (C=O) groups is 2. The molecule has 2 aromatic carbocycles.